The van der Waals surface area contributed by atoms with Crippen LogP contribution in [-0.2, 0) is 65.4 Å². The molecule has 16 heavy (non-hydrogen) atoms. The Morgan fingerprint density at radius 3 is 2.44 bits per heavy atom. The Kier molecular flexibility index (Phi) is 8.68. The molecule has 2 heteroatoms. The Balaban J connectivity index is 0.00000112. The molecule has 0 amide bonds. The zero-order valence-corrected chi connectivity index (χ0v) is 14.5. The number of benzene rings is 2. The second-order valence-corrected chi connectivity index (χ2v) is 2.89. The first-order valence-corrected chi connectivity index (χ1v) is 4.35. The molecule has 2 rings (SSSR count). The van der Waals surface area contributed by atoms with Crippen molar-refractivity contribution in [1.29, 1.82) is 0 Å². The van der Waals surface area contributed by atoms with Gasteiger partial charge >= 0.3 is 0 Å². The second-order valence-electron chi connectivity index (χ2n) is 2.89. The monoisotopic (exact) mass is 354 g/mol. The van der Waals surface area contributed by atoms with Crippen molar-refractivity contribution in [3.63, 3.8) is 0 Å². The molecule has 0 aromatic heterocycles. The Morgan fingerprint density at radius 2 is 1.81 bits per heavy atom. The van der Waals surface area contributed by atoms with Gasteiger partial charge in [0.25, 0.3) is 0 Å². The summed E-state index contributed by atoms with van der Waals surface area (Å²) in [5, 5.41) is 0. The van der Waals surface area contributed by atoms with Crippen LogP contribution < -0.4 is 0 Å². The third kappa shape index (κ3) is 4.34. The first-order valence-electron chi connectivity index (χ1n) is 4.35. The minimum Gasteiger partial charge on any atom is -0.447 e. The smallest absolute Gasteiger partial charge is 0 e. The Bertz CT molecular complexity index is 435. The van der Waals surface area contributed by atoms with Gasteiger partial charge in [-0.25, -0.2) is 0 Å². The van der Waals surface area contributed by atoms with Crippen LogP contribution in [0.5, 0.6) is 0 Å². The summed E-state index contributed by atoms with van der Waals surface area (Å²) in [6, 6.07) is 20.7. The van der Waals surface area contributed by atoms with Crippen LogP contribution in [0.25, 0.3) is 17.2 Å². The van der Waals surface area contributed by atoms with Gasteiger partial charge in [0.1, 0.15) is 0 Å². The van der Waals surface area contributed by atoms with Crippen LogP contribution in [0, 0.1) is 24.8 Å². The SMILES string of the molecule is [CH-]=Cc1[c-]c[c-]c(-c2[c-]cccc2)c1.[Y].[Y]. The number of hydrogen-bond donors (Lipinski definition) is 0. The fourth-order valence-electron chi connectivity index (χ4n) is 1.25. The summed E-state index contributed by atoms with van der Waals surface area (Å²) in [4.78, 5) is 0. The maximum absolute atomic E-state index is 5.42. The van der Waals surface area contributed by atoms with Gasteiger partial charge in [-0.15, -0.1) is 30.3 Å². The molecular formula is C14H8Y2-4. The average molecular weight is 354 g/mol. The van der Waals surface area contributed by atoms with E-state index in [1.165, 1.54) is 6.08 Å². The molecule has 2 radical (unpaired) electrons. The van der Waals surface area contributed by atoms with Crippen LogP contribution in [0.3, 0.4) is 0 Å². The van der Waals surface area contributed by atoms with Crippen molar-refractivity contribution in [1.82, 2.24) is 0 Å². The second kappa shape index (κ2) is 8.47. The molecule has 0 saturated carbocycles. The molecule has 0 N–H and O–H groups in total. The maximum Gasteiger partial charge on any atom is 0 e. The molecule has 0 unspecified atom stereocenters. The van der Waals surface area contributed by atoms with E-state index >= 15 is 0 Å². The standard InChI is InChI=1S/C14H8.2Y/c1-2-12-7-6-10-14(11-12)13-8-4-3-5-9-13;;/h1-6,8,11H;;/q-4;;. The van der Waals surface area contributed by atoms with Crippen molar-refractivity contribution in [3.8, 4) is 11.1 Å². The predicted octanol–water partition coefficient (Wildman–Crippen LogP) is 3.20. The summed E-state index contributed by atoms with van der Waals surface area (Å²) in [5.41, 5.74) is 2.88. The van der Waals surface area contributed by atoms with E-state index in [1.807, 2.05) is 30.3 Å². The summed E-state index contributed by atoms with van der Waals surface area (Å²) >= 11 is 0. The molecule has 0 fully saturated rings. The first kappa shape index (κ1) is 16.4. The van der Waals surface area contributed by atoms with E-state index in [2.05, 4.69) is 18.2 Å². The van der Waals surface area contributed by atoms with Gasteiger partial charge in [-0.05, 0) is 0 Å². The molecule has 0 bridgehead atoms. The van der Waals surface area contributed by atoms with Gasteiger partial charge in [-0.1, -0.05) is 0 Å². The summed E-state index contributed by atoms with van der Waals surface area (Å²) in [7, 11) is 0. The quantitative estimate of drug-likeness (QED) is 0.727. The third-order valence-electron chi connectivity index (χ3n) is 1.95. The van der Waals surface area contributed by atoms with Gasteiger partial charge in [0, 0.05) is 65.4 Å². The van der Waals surface area contributed by atoms with E-state index in [4.69, 9.17) is 6.58 Å². The molecule has 0 aliphatic carbocycles. The molecule has 0 aliphatic heterocycles. The fraction of sp³-hybridized carbons (Fsp3) is 0. The van der Waals surface area contributed by atoms with Crippen LogP contribution in [0.2, 0.25) is 0 Å². The molecule has 0 nitrogen and oxygen atoms in total. The minimum atomic E-state index is 0. The van der Waals surface area contributed by atoms with Crippen molar-refractivity contribution < 1.29 is 65.4 Å². The summed E-state index contributed by atoms with van der Waals surface area (Å²) in [6.45, 7) is 5.42. The molecular weight excluding hydrogens is 346 g/mol. The van der Waals surface area contributed by atoms with Gasteiger partial charge in [-0.2, -0.15) is 5.56 Å². The van der Waals surface area contributed by atoms with Gasteiger partial charge in [0.2, 0.25) is 0 Å². The Labute approximate surface area is 147 Å². The zero-order chi connectivity index (χ0) is 9.80. The van der Waals surface area contributed by atoms with Crippen LogP contribution in [0.1, 0.15) is 5.56 Å². The van der Waals surface area contributed by atoms with E-state index in [-0.39, 0.29) is 65.4 Å². The van der Waals surface area contributed by atoms with Gasteiger partial charge < -0.3 is 36.4 Å². The van der Waals surface area contributed by atoms with Crippen molar-refractivity contribution in [2.24, 2.45) is 0 Å². The fourth-order valence-corrected chi connectivity index (χ4v) is 1.25. The van der Waals surface area contributed by atoms with Crippen LogP contribution in [0.15, 0.2) is 36.4 Å². The molecule has 0 saturated heterocycles. The van der Waals surface area contributed by atoms with Crippen LogP contribution in [0.4, 0.5) is 0 Å². The van der Waals surface area contributed by atoms with Gasteiger partial charge in [-0.3, -0.25) is 11.6 Å². The largest absolute Gasteiger partial charge is 0.447 e. The van der Waals surface area contributed by atoms with Crippen LogP contribution >= 0.6 is 0 Å². The molecule has 2 aromatic rings. The van der Waals surface area contributed by atoms with E-state index in [0.717, 1.165) is 16.7 Å². The van der Waals surface area contributed by atoms with Gasteiger partial charge in [0.15, 0.2) is 0 Å². The van der Waals surface area contributed by atoms with Gasteiger partial charge in [0.05, 0.1) is 0 Å². The van der Waals surface area contributed by atoms with Crippen molar-refractivity contribution in [2.75, 3.05) is 0 Å². The predicted molar refractivity (Wildman–Crippen MR) is 57.2 cm³/mol. The molecule has 0 spiro atoms. The summed E-state index contributed by atoms with van der Waals surface area (Å²) < 4.78 is 0. The average Bonchev–Trinajstić information content (AvgIpc) is 2.30. The Hall–Kier alpha value is 0.388. The van der Waals surface area contributed by atoms with Crippen molar-refractivity contribution in [2.45, 2.75) is 0 Å². The normalized spacial score (nSPS) is 8.50. The molecule has 74 valence electrons. The van der Waals surface area contributed by atoms with Crippen molar-refractivity contribution in [3.05, 3.63) is 66.7 Å². The van der Waals surface area contributed by atoms with E-state index in [1.54, 1.807) is 6.07 Å². The molecule has 0 aliphatic rings. The zero-order valence-electron chi connectivity index (χ0n) is 8.77. The van der Waals surface area contributed by atoms with E-state index in [9.17, 15) is 0 Å². The topological polar surface area (TPSA) is 0 Å². The van der Waals surface area contributed by atoms with Crippen molar-refractivity contribution >= 4 is 6.08 Å². The number of rotatable bonds is 2. The maximum atomic E-state index is 5.42. The molecule has 0 heterocycles. The summed E-state index contributed by atoms with van der Waals surface area (Å²) in [6.07, 6.45) is 1.53. The third-order valence-corrected chi connectivity index (χ3v) is 1.95. The Morgan fingerprint density at radius 1 is 1.00 bits per heavy atom. The first-order chi connectivity index (χ1) is 6.90. The van der Waals surface area contributed by atoms with E-state index < -0.39 is 0 Å². The molecule has 0 atom stereocenters. The minimum absolute atomic E-state index is 0. The molecule has 2 aromatic carbocycles. The van der Waals surface area contributed by atoms with Crippen LogP contribution in [-0.4, -0.2) is 0 Å². The summed E-state index contributed by atoms with van der Waals surface area (Å²) in [5.74, 6) is 0. The number of hydrogen-bond acceptors (Lipinski definition) is 0. The van der Waals surface area contributed by atoms with E-state index in [0.29, 0.717) is 0 Å².